The van der Waals surface area contributed by atoms with Crippen LogP contribution < -0.4 is 25.0 Å². The number of carbonyl (C=O) groups excluding carboxylic acids is 3. The van der Waals surface area contributed by atoms with Gasteiger partial charge in [0.15, 0.2) is 11.5 Å². The first-order chi connectivity index (χ1) is 19.0. The second-order valence-corrected chi connectivity index (χ2v) is 9.08. The van der Waals surface area contributed by atoms with Crippen LogP contribution in [0, 0.1) is 0 Å². The number of amides is 2. The van der Waals surface area contributed by atoms with Gasteiger partial charge < -0.3 is 19.5 Å². The Labute approximate surface area is 227 Å². The summed E-state index contributed by atoms with van der Waals surface area (Å²) in [5, 5.41) is 8.45. The van der Waals surface area contributed by atoms with E-state index in [9.17, 15) is 14.4 Å². The number of carbonyl (C=O) groups is 3. The summed E-state index contributed by atoms with van der Waals surface area (Å²) in [6, 6.07) is 23.8. The van der Waals surface area contributed by atoms with Gasteiger partial charge in [0.2, 0.25) is 6.79 Å². The van der Waals surface area contributed by atoms with E-state index >= 15 is 0 Å². The highest BCUT2D eigenvalue weighted by Gasteiger charge is 2.17. The van der Waals surface area contributed by atoms with Gasteiger partial charge in [-0.25, -0.2) is 10.2 Å². The minimum atomic E-state index is -0.645. The third-order valence-corrected chi connectivity index (χ3v) is 6.26. The summed E-state index contributed by atoms with van der Waals surface area (Å²) >= 11 is 1.29. The van der Waals surface area contributed by atoms with E-state index in [4.69, 9.17) is 14.2 Å². The first kappa shape index (κ1) is 25.4. The van der Waals surface area contributed by atoms with Gasteiger partial charge in [0.25, 0.3) is 11.8 Å². The van der Waals surface area contributed by atoms with Crippen molar-refractivity contribution < 1.29 is 28.6 Å². The molecule has 2 amide bonds. The maximum Gasteiger partial charge on any atom is 0.353 e. The molecule has 0 bridgehead atoms. The Kier molecular flexibility index (Phi) is 7.75. The number of hydrogen-bond acceptors (Lipinski definition) is 8. The first-order valence-electron chi connectivity index (χ1n) is 11.7. The van der Waals surface area contributed by atoms with E-state index in [-0.39, 0.29) is 12.5 Å². The Morgan fingerprint density at radius 1 is 0.872 bits per heavy atom. The van der Waals surface area contributed by atoms with Crippen molar-refractivity contribution in [3.63, 3.8) is 0 Å². The monoisotopic (exact) mass is 539 g/mol. The quantitative estimate of drug-likeness (QED) is 0.111. The zero-order valence-electron chi connectivity index (χ0n) is 20.3. The van der Waals surface area contributed by atoms with Crippen LogP contribution in [0.25, 0.3) is 6.08 Å². The SMILES string of the molecule is O=C(N/N=C/c1cccc(OC(=O)c2cccs2)c1)/C(=C\c1ccc2c(c1)OCO2)NC(=O)c1ccccc1. The summed E-state index contributed by atoms with van der Waals surface area (Å²) in [7, 11) is 0. The molecule has 39 heavy (non-hydrogen) atoms. The molecule has 0 atom stereocenters. The number of ether oxygens (including phenoxy) is 3. The Morgan fingerprint density at radius 2 is 1.72 bits per heavy atom. The molecule has 0 aliphatic carbocycles. The normalized spacial score (nSPS) is 12.3. The number of hydrazone groups is 1. The number of fused-ring (bicyclic) bond motifs is 1. The Bertz CT molecular complexity index is 1570. The topological polar surface area (TPSA) is 115 Å². The van der Waals surface area contributed by atoms with E-state index in [2.05, 4.69) is 15.8 Å². The number of esters is 1. The van der Waals surface area contributed by atoms with Crippen molar-refractivity contribution in [3.05, 3.63) is 118 Å². The van der Waals surface area contributed by atoms with Gasteiger partial charge in [-0.2, -0.15) is 5.10 Å². The fourth-order valence-electron chi connectivity index (χ4n) is 3.55. The molecule has 10 heteroatoms. The Morgan fingerprint density at radius 3 is 2.54 bits per heavy atom. The standard InChI is InChI=1S/C29H21N3O6S/c33-27(21-7-2-1-3-8-21)31-23(15-19-11-12-24-25(16-19)37-18-36-24)28(34)32-30-17-20-6-4-9-22(14-20)38-29(35)26-10-5-13-39-26/h1-17H,18H2,(H,31,33)(H,32,34)/b23-15+,30-17+. The van der Waals surface area contributed by atoms with E-state index in [0.29, 0.717) is 38.8 Å². The van der Waals surface area contributed by atoms with Crippen LogP contribution in [0.5, 0.6) is 17.2 Å². The van der Waals surface area contributed by atoms with Gasteiger partial charge in [-0.15, -0.1) is 11.3 Å². The fourth-order valence-corrected chi connectivity index (χ4v) is 4.15. The van der Waals surface area contributed by atoms with Gasteiger partial charge in [-0.1, -0.05) is 42.5 Å². The average Bonchev–Trinajstić information content (AvgIpc) is 3.66. The number of benzene rings is 3. The zero-order chi connectivity index (χ0) is 27.0. The second kappa shape index (κ2) is 11.9. The van der Waals surface area contributed by atoms with Crippen molar-refractivity contribution >= 4 is 41.4 Å². The molecule has 0 spiro atoms. The van der Waals surface area contributed by atoms with Gasteiger partial charge in [-0.3, -0.25) is 9.59 Å². The van der Waals surface area contributed by atoms with Gasteiger partial charge in [-0.05, 0) is 65.0 Å². The highest BCUT2D eigenvalue weighted by atomic mass is 32.1. The molecule has 0 unspecified atom stereocenters. The molecule has 0 radical (unpaired) electrons. The molecule has 5 rings (SSSR count). The van der Waals surface area contributed by atoms with Crippen LogP contribution in [-0.2, 0) is 4.79 Å². The number of nitrogens with one attached hydrogen (secondary N) is 2. The van der Waals surface area contributed by atoms with Crippen LogP contribution in [0.3, 0.4) is 0 Å². The summed E-state index contributed by atoms with van der Waals surface area (Å²) < 4.78 is 16.1. The van der Waals surface area contributed by atoms with Gasteiger partial charge in [0.1, 0.15) is 16.3 Å². The summed E-state index contributed by atoms with van der Waals surface area (Å²) in [6.45, 7) is 0.115. The van der Waals surface area contributed by atoms with Gasteiger partial charge in [0.05, 0.1) is 6.21 Å². The van der Waals surface area contributed by atoms with Crippen molar-refractivity contribution in [2.45, 2.75) is 0 Å². The lowest BCUT2D eigenvalue weighted by atomic mass is 10.1. The molecular formula is C29H21N3O6S. The molecule has 2 N–H and O–H groups in total. The third kappa shape index (κ3) is 6.56. The van der Waals surface area contributed by atoms with E-state index in [1.807, 2.05) is 0 Å². The lowest BCUT2D eigenvalue weighted by Crippen LogP contribution is -2.32. The average molecular weight is 540 g/mol. The second-order valence-electron chi connectivity index (χ2n) is 8.13. The predicted octanol–water partition coefficient (Wildman–Crippen LogP) is 4.62. The smallest absolute Gasteiger partial charge is 0.353 e. The van der Waals surface area contributed by atoms with Crippen LogP contribution in [0.15, 0.2) is 101 Å². The molecular weight excluding hydrogens is 518 g/mol. The minimum absolute atomic E-state index is 0.0292. The lowest BCUT2D eigenvalue weighted by Gasteiger charge is -2.09. The molecule has 1 aliphatic heterocycles. The number of hydrogen-bond donors (Lipinski definition) is 2. The molecule has 9 nitrogen and oxygen atoms in total. The lowest BCUT2D eigenvalue weighted by molar-refractivity contribution is -0.117. The van der Waals surface area contributed by atoms with Crippen LogP contribution in [-0.4, -0.2) is 30.8 Å². The maximum absolute atomic E-state index is 13.1. The maximum atomic E-state index is 13.1. The first-order valence-corrected chi connectivity index (χ1v) is 12.6. The van der Waals surface area contributed by atoms with Crippen LogP contribution in [0.1, 0.15) is 31.2 Å². The predicted molar refractivity (Wildman–Crippen MR) is 146 cm³/mol. The van der Waals surface area contributed by atoms with E-state index < -0.39 is 17.8 Å². The summed E-state index contributed by atoms with van der Waals surface area (Å²) in [4.78, 5) is 38.5. The fraction of sp³-hybridized carbons (Fsp3) is 0.0345. The molecule has 1 aliphatic rings. The van der Waals surface area contributed by atoms with Crippen molar-refractivity contribution in [3.8, 4) is 17.2 Å². The number of rotatable bonds is 8. The molecule has 1 aromatic heterocycles. The summed E-state index contributed by atoms with van der Waals surface area (Å²) in [6.07, 6.45) is 2.91. The Hall–Kier alpha value is -5.22. The Balaban J connectivity index is 1.30. The highest BCUT2D eigenvalue weighted by molar-refractivity contribution is 7.12. The van der Waals surface area contributed by atoms with Crippen molar-refractivity contribution in [1.29, 1.82) is 0 Å². The number of nitrogens with zero attached hydrogens (tertiary/aromatic N) is 1. The van der Waals surface area contributed by atoms with Crippen LogP contribution in [0.4, 0.5) is 0 Å². The third-order valence-electron chi connectivity index (χ3n) is 5.41. The van der Waals surface area contributed by atoms with E-state index in [1.165, 1.54) is 23.6 Å². The number of thiophene rings is 1. The zero-order valence-corrected chi connectivity index (χ0v) is 21.1. The van der Waals surface area contributed by atoms with Crippen LogP contribution in [0.2, 0.25) is 0 Å². The molecule has 0 saturated carbocycles. The van der Waals surface area contributed by atoms with Gasteiger partial charge >= 0.3 is 5.97 Å². The van der Waals surface area contributed by atoms with Crippen molar-refractivity contribution in [2.24, 2.45) is 5.10 Å². The van der Waals surface area contributed by atoms with Crippen molar-refractivity contribution in [2.75, 3.05) is 6.79 Å². The van der Waals surface area contributed by atoms with Crippen LogP contribution >= 0.6 is 11.3 Å². The van der Waals surface area contributed by atoms with Gasteiger partial charge in [0, 0.05) is 5.56 Å². The molecule has 0 fully saturated rings. The molecule has 4 aromatic rings. The molecule has 3 aromatic carbocycles. The van der Waals surface area contributed by atoms with E-state index in [1.54, 1.807) is 90.3 Å². The van der Waals surface area contributed by atoms with Crippen molar-refractivity contribution in [1.82, 2.24) is 10.7 Å². The molecule has 0 saturated heterocycles. The summed E-state index contributed by atoms with van der Waals surface area (Å²) in [5.41, 5.74) is 3.99. The minimum Gasteiger partial charge on any atom is -0.454 e. The molecule has 2 heterocycles. The van der Waals surface area contributed by atoms with E-state index in [0.717, 1.165) is 0 Å². The highest BCUT2D eigenvalue weighted by Crippen LogP contribution is 2.33. The largest absolute Gasteiger partial charge is 0.454 e. The molecule has 194 valence electrons. The summed E-state index contributed by atoms with van der Waals surface area (Å²) in [5.74, 6) is -0.0903.